The molecule has 5 N–H and O–H groups in total. The number of anilines is 2. The van der Waals surface area contributed by atoms with Gasteiger partial charge in [-0.2, -0.15) is 8.42 Å². The van der Waals surface area contributed by atoms with Crippen LogP contribution in [0.15, 0.2) is 18.2 Å². The topological polar surface area (TPSA) is 113 Å². The van der Waals surface area contributed by atoms with Gasteiger partial charge in [-0.25, -0.2) is 0 Å². The molecule has 0 aliphatic rings. The van der Waals surface area contributed by atoms with Crippen LogP contribution in [0, 0.1) is 0 Å². The Morgan fingerprint density at radius 1 is 1.29 bits per heavy atom. The van der Waals surface area contributed by atoms with Crippen LogP contribution in [0.25, 0.3) is 0 Å². The Morgan fingerprint density at radius 3 is 2.24 bits per heavy atom. The lowest BCUT2D eigenvalue weighted by Crippen LogP contribution is -1.99. The van der Waals surface area contributed by atoms with Gasteiger partial charge in [0.2, 0.25) is 0 Å². The monoisotopic (exact) mass is 262 g/mol. The number of nitrogen functional groups attached to an aromatic ring is 1. The van der Waals surface area contributed by atoms with E-state index in [2.05, 4.69) is 25.2 Å². The predicted octanol–water partition coefficient (Wildman–Crippen LogP) is 1.61. The minimum absolute atomic E-state index is 0.888. The molecule has 0 atom stereocenters. The highest BCUT2D eigenvalue weighted by molar-refractivity contribution is 7.79. The van der Waals surface area contributed by atoms with Crippen molar-refractivity contribution in [1.82, 2.24) is 0 Å². The van der Waals surface area contributed by atoms with Crippen LogP contribution in [-0.4, -0.2) is 24.1 Å². The van der Waals surface area contributed by atoms with Gasteiger partial charge in [-0.3, -0.25) is 9.11 Å². The average molecular weight is 262 g/mol. The van der Waals surface area contributed by atoms with Gasteiger partial charge in [-0.1, -0.05) is 6.92 Å². The Labute approximate surface area is 101 Å². The molecule has 0 aliphatic heterocycles. The van der Waals surface area contributed by atoms with Crippen LogP contribution in [0.3, 0.4) is 0 Å². The molecule has 0 spiro atoms. The molecule has 17 heavy (non-hydrogen) atoms. The number of nitrogens with two attached hydrogens (primary N) is 1. The van der Waals surface area contributed by atoms with Crippen LogP contribution in [0.5, 0.6) is 0 Å². The molecule has 1 aromatic carbocycles. The molecule has 0 aromatic heterocycles. The Hall–Kier alpha value is -1.31. The average Bonchev–Trinajstić information content (AvgIpc) is 2.19. The summed E-state index contributed by atoms with van der Waals surface area (Å²) in [5, 5.41) is 3.25. The van der Waals surface area contributed by atoms with E-state index in [9.17, 15) is 0 Å². The van der Waals surface area contributed by atoms with Gasteiger partial charge in [0.05, 0.1) is 0 Å². The van der Waals surface area contributed by atoms with Crippen LogP contribution in [0.4, 0.5) is 11.4 Å². The zero-order valence-corrected chi connectivity index (χ0v) is 10.7. The highest BCUT2D eigenvalue weighted by Gasteiger charge is 1.97. The molecule has 0 bridgehead atoms. The molecule has 0 amide bonds. The number of benzene rings is 1. The fourth-order valence-corrected chi connectivity index (χ4v) is 1.23. The molecule has 0 heterocycles. The van der Waals surface area contributed by atoms with E-state index in [1.165, 1.54) is 5.56 Å². The molecular weight excluding hydrogens is 244 g/mol. The van der Waals surface area contributed by atoms with Gasteiger partial charge in [-0.15, -0.1) is 0 Å². The Kier molecular flexibility index (Phi) is 6.55. The summed E-state index contributed by atoms with van der Waals surface area (Å²) in [5.74, 6) is 0. The maximum absolute atomic E-state index is 8.74. The molecule has 6 nitrogen and oxygen atoms in total. The number of nitrogens with one attached hydrogen (secondary N) is 1. The number of rotatable bonds is 3. The molecule has 0 aliphatic carbocycles. The number of hydrogen-bond acceptors (Lipinski definition) is 4. The Balaban J connectivity index is 0.000000437. The molecule has 1 aromatic rings. The van der Waals surface area contributed by atoms with E-state index in [-0.39, 0.29) is 0 Å². The third kappa shape index (κ3) is 8.49. The third-order valence-electron chi connectivity index (χ3n) is 1.90. The van der Waals surface area contributed by atoms with Crippen molar-refractivity contribution in [2.75, 3.05) is 17.6 Å². The van der Waals surface area contributed by atoms with Crippen LogP contribution < -0.4 is 11.1 Å². The summed E-state index contributed by atoms with van der Waals surface area (Å²) < 4.78 is 31.6. The Morgan fingerprint density at radius 2 is 1.82 bits per heavy atom. The first-order valence-electron chi connectivity index (χ1n) is 5.10. The molecule has 0 saturated heterocycles. The van der Waals surface area contributed by atoms with Crippen molar-refractivity contribution in [3.05, 3.63) is 23.8 Å². The van der Waals surface area contributed by atoms with Gasteiger partial charge < -0.3 is 11.1 Å². The van der Waals surface area contributed by atoms with Gasteiger partial charge in [0.25, 0.3) is 0 Å². The van der Waals surface area contributed by atoms with Crippen LogP contribution in [0.1, 0.15) is 19.4 Å². The fourth-order valence-electron chi connectivity index (χ4n) is 1.23. The first kappa shape index (κ1) is 15.7. The summed E-state index contributed by atoms with van der Waals surface area (Å²) in [6.07, 6.45) is 0.991. The van der Waals surface area contributed by atoms with E-state index in [1.807, 2.05) is 12.1 Å². The maximum atomic E-state index is 8.74. The van der Waals surface area contributed by atoms with E-state index < -0.39 is 10.4 Å². The molecule has 98 valence electrons. The summed E-state index contributed by atoms with van der Waals surface area (Å²) in [7, 11) is -4.67. The first-order valence-corrected chi connectivity index (χ1v) is 6.49. The van der Waals surface area contributed by atoms with Crippen molar-refractivity contribution in [3.8, 4) is 0 Å². The van der Waals surface area contributed by atoms with Crippen molar-refractivity contribution in [2.45, 2.75) is 20.3 Å². The summed E-state index contributed by atoms with van der Waals surface area (Å²) in [6.45, 7) is 5.15. The predicted molar refractivity (Wildman–Crippen MR) is 68.6 cm³/mol. The molecular formula is C10H18N2O4S. The van der Waals surface area contributed by atoms with E-state index in [1.54, 1.807) is 0 Å². The molecule has 7 heteroatoms. The Bertz CT molecular complexity index is 438. The van der Waals surface area contributed by atoms with E-state index in [0.717, 1.165) is 24.3 Å². The van der Waals surface area contributed by atoms with Gasteiger partial charge >= 0.3 is 10.4 Å². The fraction of sp³-hybridized carbons (Fsp3) is 0.400. The second-order valence-corrected chi connectivity index (χ2v) is 4.14. The molecule has 0 radical (unpaired) electrons. The second-order valence-electron chi connectivity index (χ2n) is 3.25. The zero-order chi connectivity index (χ0) is 13.5. The number of aryl methyl sites for hydroxylation is 1. The maximum Gasteiger partial charge on any atom is 0.394 e. The van der Waals surface area contributed by atoms with E-state index in [0.29, 0.717) is 0 Å². The van der Waals surface area contributed by atoms with Crippen molar-refractivity contribution in [1.29, 1.82) is 0 Å². The molecule has 1 rings (SSSR count). The summed E-state index contributed by atoms with van der Waals surface area (Å²) >= 11 is 0. The molecule has 0 saturated carbocycles. The highest BCUT2D eigenvalue weighted by atomic mass is 32.3. The van der Waals surface area contributed by atoms with Gasteiger partial charge in [-0.05, 0) is 37.1 Å². The standard InChI is InChI=1S/C10H16N2.H2O4S/c1-3-8-7-9(12-4-2)5-6-10(8)11;1-5(2,3)4/h5-7,12H,3-4,11H2,1-2H3;(H2,1,2,3,4). The third-order valence-corrected chi connectivity index (χ3v) is 1.90. The molecule has 0 fully saturated rings. The van der Waals surface area contributed by atoms with Crippen molar-refractivity contribution >= 4 is 21.8 Å². The second kappa shape index (κ2) is 7.10. The highest BCUT2D eigenvalue weighted by Crippen LogP contribution is 2.17. The van der Waals surface area contributed by atoms with Gasteiger partial charge in [0, 0.05) is 17.9 Å². The van der Waals surface area contributed by atoms with E-state index >= 15 is 0 Å². The van der Waals surface area contributed by atoms with Crippen LogP contribution >= 0.6 is 0 Å². The largest absolute Gasteiger partial charge is 0.399 e. The van der Waals surface area contributed by atoms with Crippen molar-refractivity contribution in [3.63, 3.8) is 0 Å². The van der Waals surface area contributed by atoms with Crippen molar-refractivity contribution < 1.29 is 17.5 Å². The normalized spacial score (nSPS) is 10.4. The lowest BCUT2D eigenvalue weighted by Gasteiger charge is -2.07. The van der Waals surface area contributed by atoms with Crippen LogP contribution in [-0.2, 0) is 16.8 Å². The minimum atomic E-state index is -4.67. The SMILES string of the molecule is CCNc1ccc(N)c(CC)c1.O=S(=O)(O)O. The van der Waals surface area contributed by atoms with E-state index in [4.69, 9.17) is 23.3 Å². The summed E-state index contributed by atoms with van der Waals surface area (Å²) in [6, 6.07) is 6.08. The summed E-state index contributed by atoms with van der Waals surface area (Å²) in [4.78, 5) is 0. The quantitative estimate of drug-likeness (QED) is 0.486. The minimum Gasteiger partial charge on any atom is -0.399 e. The number of hydrogen-bond donors (Lipinski definition) is 4. The first-order chi connectivity index (χ1) is 7.77. The summed E-state index contributed by atoms with van der Waals surface area (Å²) in [5.41, 5.74) is 9.03. The lowest BCUT2D eigenvalue weighted by atomic mass is 10.1. The lowest BCUT2D eigenvalue weighted by molar-refractivity contribution is 0.381. The van der Waals surface area contributed by atoms with Gasteiger partial charge in [0.1, 0.15) is 0 Å². The molecule has 0 unspecified atom stereocenters. The van der Waals surface area contributed by atoms with Gasteiger partial charge in [0.15, 0.2) is 0 Å². The smallest absolute Gasteiger partial charge is 0.394 e. The van der Waals surface area contributed by atoms with Crippen molar-refractivity contribution in [2.24, 2.45) is 0 Å². The zero-order valence-electron chi connectivity index (χ0n) is 9.84. The van der Waals surface area contributed by atoms with Crippen LogP contribution in [0.2, 0.25) is 0 Å².